The summed E-state index contributed by atoms with van der Waals surface area (Å²) in [6.45, 7) is 0. The second-order valence-electron chi connectivity index (χ2n) is 0. The molecule has 0 aliphatic heterocycles. The molecule has 4 heavy (non-hydrogen) atoms. The molecule has 0 bridgehead atoms. The summed E-state index contributed by atoms with van der Waals surface area (Å²) >= 11 is 0. The van der Waals surface area contributed by atoms with Gasteiger partial charge in [0, 0.05) is 40.8 Å². The molecule has 0 amide bonds. The molecule has 1 nitrogen and oxygen atoms in total. The molecule has 0 atom stereocenters. The topological polar surface area (TPSA) is 28.5 Å². The van der Waals surface area contributed by atoms with Crippen molar-refractivity contribution < 1.29 is 66.2 Å². The van der Waals surface area contributed by atoms with Crippen molar-refractivity contribution in [3.05, 3.63) is 0 Å². The quantitative estimate of drug-likeness (QED) is 0.551. The van der Waals surface area contributed by atoms with Crippen LogP contribution < -0.4 is 0 Å². The molecular formula is H2MnNdOSr. The van der Waals surface area contributed by atoms with Gasteiger partial charge in [-0.3, -0.25) is 0 Å². The summed E-state index contributed by atoms with van der Waals surface area (Å²) in [5.41, 5.74) is 0. The Morgan fingerprint density at radius 1 is 1.25 bits per heavy atom. The molecule has 0 saturated carbocycles. The molecule has 0 heterocycles. The third-order valence-electron chi connectivity index (χ3n) is 0. The molecule has 0 aromatic rings. The zero-order valence-electron chi connectivity index (χ0n) is 3.99. The molecule has 0 unspecified atom stereocenters. The van der Waals surface area contributed by atoms with Gasteiger partial charge in [-0.25, -0.2) is 0 Å². The summed E-state index contributed by atoms with van der Waals surface area (Å²) in [4.78, 5) is 0. The van der Waals surface area contributed by atoms with E-state index in [4.69, 9.17) is 0 Å². The van der Waals surface area contributed by atoms with E-state index in [1.807, 2.05) is 0 Å². The Bertz CT molecular complexity index is 13.5. The Balaban J connectivity index is 0. The van der Waals surface area contributed by atoms with Crippen LogP contribution in [-0.2, 0) is 22.5 Å². The first-order valence-corrected chi connectivity index (χ1v) is 0. The molecule has 0 fully saturated rings. The van der Waals surface area contributed by atoms with Crippen molar-refractivity contribution in [2.24, 2.45) is 0 Å². The van der Waals surface area contributed by atoms with Crippen LogP contribution in [0.5, 0.6) is 0 Å². The van der Waals surface area contributed by atoms with Crippen molar-refractivity contribution in [2.45, 2.75) is 0 Å². The summed E-state index contributed by atoms with van der Waals surface area (Å²) < 4.78 is 0. The smallest absolute Gasteiger partial charge is 2.00 e. The number of hydrogen-bond donors (Lipinski definition) is 0. The van der Waals surface area contributed by atoms with Gasteiger partial charge in [0.15, 0.2) is 0 Å². The van der Waals surface area contributed by atoms with Crippen molar-refractivity contribution in [1.29, 1.82) is 0 Å². The van der Waals surface area contributed by atoms with E-state index in [2.05, 4.69) is 0 Å². The van der Waals surface area contributed by atoms with Crippen LogP contribution in [0.4, 0.5) is 0 Å². The molecule has 0 aliphatic carbocycles. The summed E-state index contributed by atoms with van der Waals surface area (Å²) in [6, 6.07) is 0. The monoisotopic (exact) mass is 303 g/mol. The van der Waals surface area contributed by atoms with Crippen LogP contribution in [0.2, 0.25) is 0 Å². The van der Waals surface area contributed by atoms with Crippen LogP contribution in [0, 0.1) is 40.8 Å². The maximum absolute atomic E-state index is 0. The van der Waals surface area contributed by atoms with Crippen LogP contribution in [0.25, 0.3) is 0 Å². The normalized spacial score (nSPS) is 0. The summed E-state index contributed by atoms with van der Waals surface area (Å²) in [5, 5.41) is 0. The SMILES string of the molecule is [H-].[H-].[Mn+2].[Nd].[O-2].[Sr+2]. The minimum atomic E-state index is 0. The summed E-state index contributed by atoms with van der Waals surface area (Å²) in [6.07, 6.45) is 0. The van der Waals surface area contributed by atoms with Crippen molar-refractivity contribution in [2.75, 3.05) is 0 Å². The van der Waals surface area contributed by atoms with Crippen molar-refractivity contribution in [1.82, 2.24) is 0 Å². The predicted octanol–water partition coefficient (Wildman–Crippen LogP) is -0.277. The van der Waals surface area contributed by atoms with E-state index in [1.165, 1.54) is 0 Å². The molecule has 21 valence electrons. The Hall–Kier alpha value is 3.31. The second-order valence-corrected chi connectivity index (χ2v) is 0. The zero-order valence-corrected chi connectivity index (χ0v) is 9.86. The zero-order chi connectivity index (χ0) is 0. The first kappa shape index (κ1) is 26.6. The van der Waals surface area contributed by atoms with Gasteiger partial charge in [0.05, 0.1) is 0 Å². The van der Waals surface area contributed by atoms with E-state index in [9.17, 15) is 0 Å². The first-order valence-electron chi connectivity index (χ1n) is 0. The Morgan fingerprint density at radius 2 is 1.25 bits per heavy atom. The van der Waals surface area contributed by atoms with Gasteiger partial charge in [0.25, 0.3) is 0 Å². The Morgan fingerprint density at radius 3 is 1.25 bits per heavy atom. The molecular weight excluding hydrogens is 303 g/mol. The minimum absolute atomic E-state index is 0. The van der Waals surface area contributed by atoms with Gasteiger partial charge < -0.3 is 8.33 Å². The fourth-order valence-electron chi connectivity index (χ4n) is 0. The molecule has 0 saturated heterocycles. The van der Waals surface area contributed by atoms with Crippen LogP contribution in [0.15, 0.2) is 0 Å². The molecule has 0 spiro atoms. The van der Waals surface area contributed by atoms with Crippen LogP contribution in [0.1, 0.15) is 2.85 Å². The third kappa shape index (κ3) is 9.00. The van der Waals surface area contributed by atoms with E-state index < -0.39 is 0 Å². The second kappa shape index (κ2) is 16.2. The van der Waals surface area contributed by atoms with Crippen molar-refractivity contribution >= 4 is 45.5 Å². The van der Waals surface area contributed by atoms with Crippen LogP contribution >= 0.6 is 0 Å². The molecule has 0 aromatic carbocycles. The molecule has 4 heteroatoms. The predicted molar refractivity (Wildman–Crippen MR) is 8.66 cm³/mol. The van der Waals surface area contributed by atoms with Gasteiger partial charge in [-0.1, -0.05) is 0 Å². The molecule has 1 radical (unpaired) electrons. The minimum Gasteiger partial charge on any atom is -2.00 e. The number of hydrogen-bond acceptors (Lipinski definition) is 0. The third-order valence-corrected chi connectivity index (χ3v) is 0. The average molecular weight is 305 g/mol. The van der Waals surface area contributed by atoms with E-state index in [0.29, 0.717) is 0 Å². The Kier molecular flexibility index (Phi) is 108. The van der Waals surface area contributed by atoms with Crippen LogP contribution in [0.3, 0.4) is 0 Å². The average Bonchev–Trinajstić information content (AvgIpc) is 0. The fraction of sp³-hybridized carbons (Fsp3) is 0. The van der Waals surface area contributed by atoms with E-state index in [0.717, 1.165) is 0 Å². The molecule has 0 rings (SSSR count). The van der Waals surface area contributed by atoms with E-state index >= 15 is 0 Å². The fourth-order valence-corrected chi connectivity index (χ4v) is 0. The van der Waals surface area contributed by atoms with Crippen molar-refractivity contribution in [3.63, 3.8) is 0 Å². The maximum atomic E-state index is 0. The molecule has 0 aromatic heterocycles. The van der Waals surface area contributed by atoms with Gasteiger partial charge in [0.1, 0.15) is 0 Å². The van der Waals surface area contributed by atoms with Crippen molar-refractivity contribution in [3.8, 4) is 0 Å². The summed E-state index contributed by atoms with van der Waals surface area (Å²) in [7, 11) is 0. The molecule has 0 N–H and O–H groups in total. The van der Waals surface area contributed by atoms with E-state index in [1.54, 1.807) is 0 Å². The van der Waals surface area contributed by atoms with Gasteiger partial charge in [0.2, 0.25) is 0 Å². The largest absolute Gasteiger partial charge is 2.00 e. The van der Waals surface area contributed by atoms with Crippen LogP contribution in [-0.4, -0.2) is 45.5 Å². The maximum Gasteiger partial charge on any atom is 2.00 e. The standard InChI is InChI=1S/Mn.Nd.O.Sr.2H/q+2;;-2;+2;2*-1. The van der Waals surface area contributed by atoms with Gasteiger partial charge in [-0.15, -0.1) is 0 Å². The first-order chi connectivity index (χ1) is 0. The van der Waals surface area contributed by atoms with Gasteiger partial charge in [-0.05, 0) is 0 Å². The molecule has 0 aliphatic rings. The van der Waals surface area contributed by atoms with E-state index in [-0.39, 0.29) is 112 Å². The van der Waals surface area contributed by atoms with Gasteiger partial charge >= 0.3 is 62.6 Å². The van der Waals surface area contributed by atoms with Gasteiger partial charge in [-0.2, -0.15) is 0 Å². The Labute approximate surface area is 109 Å². The number of rotatable bonds is 0. The summed E-state index contributed by atoms with van der Waals surface area (Å²) in [5.74, 6) is 0.